The van der Waals surface area contributed by atoms with Crippen LogP contribution in [0.15, 0.2) is 53.6 Å². The monoisotopic (exact) mass is 366 g/mol. The molecular weight excluding hydrogens is 344 g/mol. The van der Waals surface area contributed by atoms with Crippen LogP contribution in [0.4, 0.5) is 0 Å². The first-order valence-electron chi connectivity index (χ1n) is 8.63. The number of aliphatic carboxylic acids is 1. The van der Waals surface area contributed by atoms with Crippen LogP contribution in [-0.2, 0) is 16.6 Å². The van der Waals surface area contributed by atoms with E-state index < -0.39 is 17.7 Å². The van der Waals surface area contributed by atoms with Crippen LogP contribution in [0.2, 0.25) is 0 Å². The standard InChI is InChI=1S/C21H22N2O4/c1-21(2,3)27-18(20(25)26)17-16(13-8-7-11-22-12-13)14-9-5-6-10-15(14)19(24)23(17)4/h5-12,18H,1-4H3,(H,25,26). The Balaban J connectivity index is 2.46. The molecule has 0 saturated carbocycles. The third-order valence-corrected chi connectivity index (χ3v) is 4.24. The number of nitrogens with zero attached hydrogens (tertiary/aromatic N) is 2. The number of carbonyl (C=O) groups is 1. The molecule has 0 bridgehead atoms. The lowest BCUT2D eigenvalue weighted by Gasteiger charge is -2.28. The Morgan fingerprint density at radius 1 is 1.15 bits per heavy atom. The molecule has 0 saturated heterocycles. The number of hydrogen-bond donors (Lipinski definition) is 1. The van der Waals surface area contributed by atoms with Crippen molar-refractivity contribution in [2.45, 2.75) is 32.5 Å². The Bertz CT molecular complexity index is 1050. The Hall–Kier alpha value is -2.99. The van der Waals surface area contributed by atoms with Gasteiger partial charge in [-0.3, -0.25) is 9.78 Å². The van der Waals surface area contributed by atoms with Gasteiger partial charge in [0.15, 0.2) is 6.10 Å². The zero-order chi connectivity index (χ0) is 19.8. The van der Waals surface area contributed by atoms with Crippen LogP contribution in [0.3, 0.4) is 0 Å². The second-order valence-corrected chi connectivity index (χ2v) is 7.36. The van der Waals surface area contributed by atoms with Crippen molar-refractivity contribution in [3.8, 4) is 11.1 Å². The van der Waals surface area contributed by atoms with E-state index in [0.29, 0.717) is 22.0 Å². The molecule has 0 spiro atoms. The van der Waals surface area contributed by atoms with Gasteiger partial charge in [-0.1, -0.05) is 24.3 Å². The predicted octanol–water partition coefficient (Wildman–Crippen LogP) is 3.54. The van der Waals surface area contributed by atoms with Crippen molar-refractivity contribution in [2.75, 3.05) is 0 Å². The summed E-state index contributed by atoms with van der Waals surface area (Å²) in [5.41, 5.74) is 0.684. The van der Waals surface area contributed by atoms with Crippen molar-refractivity contribution in [3.05, 3.63) is 64.8 Å². The summed E-state index contributed by atoms with van der Waals surface area (Å²) < 4.78 is 7.22. The van der Waals surface area contributed by atoms with Gasteiger partial charge in [0, 0.05) is 36.0 Å². The number of ether oxygens (including phenoxy) is 1. The second kappa shape index (κ2) is 6.96. The van der Waals surface area contributed by atoms with Crippen LogP contribution in [0.25, 0.3) is 21.9 Å². The highest BCUT2D eigenvalue weighted by Crippen LogP contribution is 2.36. The Morgan fingerprint density at radius 3 is 2.37 bits per heavy atom. The molecule has 6 nitrogen and oxygen atoms in total. The molecule has 140 valence electrons. The number of carboxylic acid groups (broad SMARTS) is 1. The molecule has 2 aromatic heterocycles. The molecule has 1 N–H and O–H groups in total. The Morgan fingerprint density at radius 2 is 1.81 bits per heavy atom. The van der Waals surface area contributed by atoms with Crippen molar-refractivity contribution >= 4 is 16.7 Å². The molecule has 0 aliphatic carbocycles. The Labute approximate surface area is 157 Å². The lowest BCUT2D eigenvalue weighted by molar-refractivity contribution is -0.161. The van der Waals surface area contributed by atoms with E-state index in [9.17, 15) is 14.7 Å². The lowest BCUT2D eigenvalue weighted by Crippen LogP contribution is -2.32. The highest BCUT2D eigenvalue weighted by molar-refractivity contribution is 5.98. The van der Waals surface area contributed by atoms with E-state index in [1.54, 1.807) is 58.4 Å². The molecule has 1 atom stereocenters. The molecule has 6 heteroatoms. The summed E-state index contributed by atoms with van der Waals surface area (Å²) >= 11 is 0. The highest BCUT2D eigenvalue weighted by atomic mass is 16.5. The quantitative estimate of drug-likeness (QED) is 0.764. The van der Waals surface area contributed by atoms with Gasteiger partial charge in [0.05, 0.1) is 11.3 Å². The fourth-order valence-electron chi connectivity index (χ4n) is 3.18. The van der Waals surface area contributed by atoms with E-state index in [0.717, 1.165) is 5.56 Å². The van der Waals surface area contributed by atoms with Crippen LogP contribution in [-0.4, -0.2) is 26.2 Å². The van der Waals surface area contributed by atoms with Crippen molar-refractivity contribution in [3.63, 3.8) is 0 Å². The maximum absolute atomic E-state index is 12.9. The first-order chi connectivity index (χ1) is 12.7. The molecule has 3 rings (SSSR count). The molecule has 1 aromatic carbocycles. The number of aromatic nitrogens is 2. The number of hydrogen-bond acceptors (Lipinski definition) is 4. The normalized spacial score (nSPS) is 12.9. The number of carboxylic acids is 1. The maximum atomic E-state index is 12.9. The molecule has 3 aromatic rings. The van der Waals surface area contributed by atoms with Crippen molar-refractivity contribution < 1.29 is 14.6 Å². The number of benzene rings is 1. The minimum absolute atomic E-state index is 0.267. The first-order valence-corrected chi connectivity index (χ1v) is 8.63. The van der Waals surface area contributed by atoms with E-state index in [-0.39, 0.29) is 5.56 Å². The SMILES string of the molecule is Cn1c(C(OC(C)(C)C)C(=O)O)c(-c2cccnc2)c2ccccc2c1=O. The van der Waals surface area contributed by atoms with Gasteiger partial charge >= 0.3 is 5.97 Å². The van der Waals surface area contributed by atoms with E-state index in [4.69, 9.17) is 4.74 Å². The molecule has 0 aliphatic heterocycles. The minimum Gasteiger partial charge on any atom is -0.479 e. The maximum Gasteiger partial charge on any atom is 0.339 e. The predicted molar refractivity (Wildman–Crippen MR) is 104 cm³/mol. The van der Waals surface area contributed by atoms with Gasteiger partial charge in [0.1, 0.15) is 0 Å². The average molecular weight is 366 g/mol. The van der Waals surface area contributed by atoms with Gasteiger partial charge in [0.2, 0.25) is 0 Å². The van der Waals surface area contributed by atoms with Crippen LogP contribution < -0.4 is 5.56 Å². The van der Waals surface area contributed by atoms with Gasteiger partial charge in [0.25, 0.3) is 5.56 Å². The molecule has 0 amide bonds. The molecule has 27 heavy (non-hydrogen) atoms. The van der Waals surface area contributed by atoms with Crippen LogP contribution in [0.1, 0.15) is 32.6 Å². The smallest absolute Gasteiger partial charge is 0.339 e. The first kappa shape index (κ1) is 18.8. The molecule has 0 aliphatic rings. The molecule has 0 radical (unpaired) electrons. The number of rotatable bonds is 4. The zero-order valence-electron chi connectivity index (χ0n) is 15.8. The largest absolute Gasteiger partial charge is 0.479 e. The topological polar surface area (TPSA) is 81.4 Å². The summed E-state index contributed by atoms with van der Waals surface area (Å²) in [6.07, 6.45) is 2.00. The third kappa shape index (κ3) is 3.61. The molecule has 2 heterocycles. The molecular formula is C21H22N2O4. The number of pyridine rings is 2. The van der Waals surface area contributed by atoms with Crippen molar-refractivity contribution in [1.82, 2.24) is 9.55 Å². The minimum atomic E-state index is -1.30. The zero-order valence-corrected chi connectivity index (χ0v) is 15.8. The second-order valence-electron chi connectivity index (χ2n) is 7.36. The van der Waals surface area contributed by atoms with Gasteiger partial charge in [-0.25, -0.2) is 4.79 Å². The third-order valence-electron chi connectivity index (χ3n) is 4.24. The summed E-state index contributed by atoms with van der Waals surface area (Å²) in [6, 6.07) is 10.8. The summed E-state index contributed by atoms with van der Waals surface area (Å²) in [5.74, 6) is -1.15. The van der Waals surface area contributed by atoms with Crippen molar-refractivity contribution in [1.29, 1.82) is 0 Å². The van der Waals surface area contributed by atoms with E-state index in [2.05, 4.69) is 4.98 Å². The summed E-state index contributed by atoms with van der Waals surface area (Å²) in [4.78, 5) is 29.2. The average Bonchev–Trinajstić information content (AvgIpc) is 2.62. The van der Waals surface area contributed by atoms with Gasteiger partial charge in [-0.15, -0.1) is 0 Å². The Kier molecular flexibility index (Phi) is 4.85. The van der Waals surface area contributed by atoms with Gasteiger partial charge in [-0.05, 0) is 38.3 Å². The van der Waals surface area contributed by atoms with E-state index in [1.165, 1.54) is 4.57 Å². The van der Waals surface area contributed by atoms with Gasteiger partial charge in [-0.2, -0.15) is 0 Å². The van der Waals surface area contributed by atoms with Crippen molar-refractivity contribution in [2.24, 2.45) is 7.05 Å². The summed E-state index contributed by atoms with van der Waals surface area (Å²) in [6.45, 7) is 5.35. The fourth-order valence-corrected chi connectivity index (χ4v) is 3.18. The number of fused-ring (bicyclic) bond motifs is 1. The van der Waals surface area contributed by atoms with Gasteiger partial charge < -0.3 is 14.4 Å². The van der Waals surface area contributed by atoms with Crippen LogP contribution >= 0.6 is 0 Å². The van der Waals surface area contributed by atoms with E-state index >= 15 is 0 Å². The lowest BCUT2D eigenvalue weighted by atomic mass is 9.95. The fraction of sp³-hybridized carbons (Fsp3) is 0.286. The molecule has 1 unspecified atom stereocenters. The van der Waals surface area contributed by atoms with Crippen LogP contribution in [0, 0.1) is 0 Å². The summed E-state index contributed by atoms with van der Waals surface area (Å²) in [5, 5.41) is 11.1. The van der Waals surface area contributed by atoms with E-state index in [1.807, 2.05) is 18.2 Å². The molecule has 0 fully saturated rings. The highest BCUT2D eigenvalue weighted by Gasteiger charge is 2.32. The summed E-state index contributed by atoms with van der Waals surface area (Å²) in [7, 11) is 1.58. The van der Waals surface area contributed by atoms with Crippen LogP contribution in [0.5, 0.6) is 0 Å².